The predicted molar refractivity (Wildman–Crippen MR) is 82.1 cm³/mol. The number of carboxylic acids is 1. The van der Waals surface area contributed by atoms with Crippen molar-refractivity contribution in [2.75, 3.05) is 0 Å². The van der Waals surface area contributed by atoms with E-state index >= 15 is 0 Å². The van der Waals surface area contributed by atoms with Crippen LogP contribution in [0.25, 0.3) is 0 Å². The maximum absolute atomic E-state index is 11.8. The highest BCUT2D eigenvalue weighted by atomic mass is 16.4. The van der Waals surface area contributed by atoms with Crippen molar-refractivity contribution >= 4 is 17.3 Å². The van der Waals surface area contributed by atoms with Crippen LogP contribution in [0.4, 0.5) is 11.4 Å². The van der Waals surface area contributed by atoms with Crippen molar-refractivity contribution in [1.29, 1.82) is 0 Å². The molecule has 7 nitrogen and oxygen atoms in total. The minimum atomic E-state index is -0.886. The van der Waals surface area contributed by atoms with Crippen molar-refractivity contribution in [1.82, 2.24) is 10.2 Å². The van der Waals surface area contributed by atoms with Crippen molar-refractivity contribution in [3.63, 3.8) is 0 Å². The zero-order valence-electron chi connectivity index (χ0n) is 12.7. The van der Waals surface area contributed by atoms with Crippen LogP contribution in [0.15, 0.2) is 39.3 Å². The smallest absolute Gasteiger partial charge is 0.307 e. The number of nitrogens with one attached hydrogen (secondary N) is 2. The van der Waals surface area contributed by atoms with E-state index in [1.807, 2.05) is 20.8 Å². The fourth-order valence-electron chi connectivity index (χ4n) is 1.95. The minimum Gasteiger partial charge on any atom is -0.481 e. The Morgan fingerprint density at radius 3 is 2.32 bits per heavy atom. The number of carbonyl (C=O) groups is 1. The third kappa shape index (κ3) is 3.69. The summed E-state index contributed by atoms with van der Waals surface area (Å²) < 4.78 is 0. The molecule has 7 heteroatoms. The number of hydrogen-bond donors (Lipinski definition) is 3. The largest absolute Gasteiger partial charge is 0.481 e. The van der Waals surface area contributed by atoms with Crippen LogP contribution in [-0.2, 0) is 16.6 Å². The van der Waals surface area contributed by atoms with Gasteiger partial charge < -0.3 is 5.11 Å². The first-order valence-electron chi connectivity index (χ1n) is 6.81. The average molecular weight is 302 g/mol. The Morgan fingerprint density at radius 2 is 1.77 bits per heavy atom. The molecule has 0 atom stereocenters. The lowest BCUT2D eigenvalue weighted by molar-refractivity contribution is -0.136. The average Bonchev–Trinajstić information content (AvgIpc) is 2.78. The Balaban J connectivity index is 2.24. The monoisotopic (exact) mass is 302 g/mol. The second kappa shape index (κ2) is 5.97. The van der Waals surface area contributed by atoms with Crippen LogP contribution in [0.1, 0.15) is 32.0 Å². The summed E-state index contributed by atoms with van der Waals surface area (Å²) in [6, 6.07) is 6.68. The Kier molecular flexibility index (Phi) is 4.25. The summed E-state index contributed by atoms with van der Waals surface area (Å²) >= 11 is 0. The lowest BCUT2D eigenvalue weighted by Crippen LogP contribution is -2.12. The number of aliphatic carboxylic acids is 1. The number of benzene rings is 1. The summed E-state index contributed by atoms with van der Waals surface area (Å²) in [5, 5.41) is 22.1. The van der Waals surface area contributed by atoms with E-state index in [1.54, 1.807) is 24.3 Å². The van der Waals surface area contributed by atoms with Crippen LogP contribution in [-0.4, -0.2) is 21.3 Å². The molecule has 1 heterocycles. The Hall–Kier alpha value is -2.70. The van der Waals surface area contributed by atoms with Crippen molar-refractivity contribution < 1.29 is 9.90 Å². The molecule has 22 heavy (non-hydrogen) atoms. The molecule has 1 aromatic carbocycles. The SMILES string of the molecule is CC(C)(C)c1[nH][nH]c(=O)c1N=Nc1ccc(CC(=O)O)cc1. The van der Waals surface area contributed by atoms with E-state index in [-0.39, 0.29) is 23.1 Å². The molecule has 0 aliphatic carbocycles. The lowest BCUT2D eigenvalue weighted by Gasteiger charge is -2.15. The van der Waals surface area contributed by atoms with Crippen LogP contribution in [0.3, 0.4) is 0 Å². The van der Waals surface area contributed by atoms with Gasteiger partial charge in [0.15, 0.2) is 5.69 Å². The summed E-state index contributed by atoms with van der Waals surface area (Å²) in [6.45, 7) is 5.89. The third-order valence-corrected chi connectivity index (χ3v) is 3.06. The first kappa shape index (κ1) is 15.7. The molecule has 116 valence electrons. The van der Waals surface area contributed by atoms with Crippen molar-refractivity contribution in [3.05, 3.63) is 45.9 Å². The normalized spacial score (nSPS) is 12.0. The zero-order valence-corrected chi connectivity index (χ0v) is 12.7. The molecule has 0 aliphatic heterocycles. The molecule has 0 bridgehead atoms. The Labute approximate surface area is 127 Å². The van der Waals surface area contributed by atoms with E-state index in [0.717, 1.165) is 0 Å². The fraction of sp³-hybridized carbons (Fsp3) is 0.333. The quantitative estimate of drug-likeness (QED) is 0.755. The highest BCUT2D eigenvalue weighted by molar-refractivity contribution is 5.70. The fourth-order valence-corrected chi connectivity index (χ4v) is 1.95. The molecule has 3 N–H and O–H groups in total. The molecule has 0 aliphatic rings. The number of nitrogens with zero attached hydrogens (tertiary/aromatic N) is 2. The van der Waals surface area contributed by atoms with Crippen LogP contribution in [0.2, 0.25) is 0 Å². The van der Waals surface area contributed by atoms with Gasteiger partial charge in [0, 0.05) is 5.41 Å². The van der Waals surface area contributed by atoms with Crippen molar-refractivity contribution in [2.45, 2.75) is 32.6 Å². The molecule has 0 amide bonds. The van der Waals surface area contributed by atoms with Crippen molar-refractivity contribution in [2.24, 2.45) is 10.2 Å². The van der Waals surface area contributed by atoms with Gasteiger partial charge in [-0.05, 0) is 17.7 Å². The number of azo groups is 1. The number of aromatic nitrogens is 2. The van der Waals surface area contributed by atoms with Gasteiger partial charge in [-0.15, -0.1) is 5.11 Å². The van der Waals surface area contributed by atoms with E-state index < -0.39 is 5.97 Å². The van der Waals surface area contributed by atoms with E-state index in [0.29, 0.717) is 16.9 Å². The molecule has 2 aromatic rings. The molecular formula is C15H18N4O3. The summed E-state index contributed by atoms with van der Waals surface area (Å²) in [7, 11) is 0. The lowest BCUT2D eigenvalue weighted by atomic mass is 9.91. The molecule has 0 spiro atoms. The first-order valence-corrected chi connectivity index (χ1v) is 6.81. The second-order valence-corrected chi connectivity index (χ2v) is 5.99. The van der Waals surface area contributed by atoms with Gasteiger partial charge >= 0.3 is 5.97 Å². The van der Waals surface area contributed by atoms with E-state index in [1.165, 1.54) is 0 Å². The van der Waals surface area contributed by atoms with Crippen molar-refractivity contribution in [3.8, 4) is 0 Å². The highest BCUT2D eigenvalue weighted by Gasteiger charge is 2.22. The third-order valence-electron chi connectivity index (χ3n) is 3.06. The van der Waals surface area contributed by atoms with Gasteiger partial charge in [-0.2, -0.15) is 5.11 Å². The summed E-state index contributed by atoms with van der Waals surface area (Å²) in [6.07, 6.45) is -0.0386. The number of H-pyrrole nitrogens is 2. The van der Waals surface area contributed by atoms with Gasteiger partial charge in [-0.1, -0.05) is 32.9 Å². The van der Waals surface area contributed by atoms with Crippen LogP contribution in [0, 0.1) is 0 Å². The number of carboxylic acid groups (broad SMARTS) is 1. The van der Waals surface area contributed by atoms with Crippen LogP contribution in [0.5, 0.6) is 0 Å². The maximum Gasteiger partial charge on any atom is 0.307 e. The summed E-state index contributed by atoms with van der Waals surface area (Å²) in [5.41, 5.74) is 1.58. The summed E-state index contributed by atoms with van der Waals surface area (Å²) in [4.78, 5) is 22.4. The van der Waals surface area contributed by atoms with E-state index in [9.17, 15) is 9.59 Å². The van der Waals surface area contributed by atoms with E-state index in [4.69, 9.17) is 5.11 Å². The predicted octanol–water partition coefficient (Wildman–Crippen LogP) is 3.04. The Bertz CT molecular complexity index is 748. The molecular weight excluding hydrogens is 284 g/mol. The first-order chi connectivity index (χ1) is 10.3. The molecule has 0 saturated heterocycles. The molecule has 2 rings (SSSR count). The number of rotatable bonds is 4. The van der Waals surface area contributed by atoms with Gasteiger partial charge in [0.25, 0.3) is 5.56 Å². The van der Waals surface area contributed by atoms with Crippen LogP contribution < -0.4 is 5.56 Å². The number of aromatic amines is 2. The maximum atomic E-state index is 11.8. The van der Waals surface area contributed by atoms with E-state index in [2.05, 4.69) is 20.4 Å². The van der Waals surface area contributed by atoms with Gasteiger partial charge in [0.05, 0.1) is 17.8 Å². The second-order valence-electron chi connectivity index (χ2n) is 5.99. The van der Waals surface area contributed by atoms with Crippen LogP contribution >= 0.6 is 0 Å². The minimum absolute atomic E-state index is 0.0386. The van der Waals surface area contributed by atoms with Gasteiger partial charge in [-0.3, -0.25) is 19.8 Å². The van der Waals surface area contributed by atoms with Gasteiger partial charge in [-0.25, -0.2) is 0 Å². The standard InChI is InChI=1S/C15H18N4O3/c1-15(2,3)13-12(14(22)19-18-13)17-16-10-6-4-9(5-7-10)8-11(20)21/h4-7H,8H2,1-3H3,(H,20,21)(H2,18,19,22). The molecule has 1 aromatic heterocycles. The Morgan fingerprint density at radius 1 is 1.14 bits per heavy atom. The number of hydrogen-bond acceptors (Lipinski definition) is 4. The molecule has 0 unspecified atom stereocenters. The molecule has 0 saturated carbocycles. The molecule has 0 fully saturated rings. The zero-order chi connectivity index (χ0) is 16.3. The molecule has 0 radical (unpaired) electrons. The summed E-state index contributed by atoms with van der Waals surface area (Å²) in [5.74, 6) is -0.886. The topological polar surface area (TPSA) is 111 Å². The van der Waals surface area contributed by atoms with Gasteiger partial charge in [0.2, 0.25) is 0 Å². The highest BCUT2D eigenvalue weighted by Crippen LogP contribution is 2.27. The van der Waals surface area contributed by atoms with Gasteiger partial charge in [0.1, 0.15) is 0 Å².